The molecule has 0 aliphatic carbocycles. The van der Waals surface area contributed by atoms with Gasteiger partial charge in [0.15, 0.2) is 5.82 Å². The Bertz CT molecular complexity index is 854. The van der Waals surface area contributed by atoms with Gasteiger partial charge in [0.2, 0.25) is 0 Å². The van der Waals surface area contributed by atoms with Gasteiger partial charge < -0.3 is 4.90 Å². The number of para-hydroxylation sites is 1. The number of nitriles is 1. The molecule has 0 saturated carbocycles. The van der Waals surface area contributed by atoms with E-state index in [1.807, 2.05) is 55.3 Å². The molecule has 23 heavy (non-hydrogen) atoms. The van der Waals surface area contributed by atoms with Crippen molar-refractivity contribution in [2.75, 3.05) is 18.5 Å². The Morgan fingerprint density at radius 2 is 2.00 bits per heavy atom. The number of fused-ring (bicyclic) bond motifs is 1. The van der Waals surface area contributed by atoms with Gasteiger partial charge in [-0.05, 0) is 31.2 Å². The van der Waals surface area contributed by atoms with Crippen molar-refractivity contribution in [1.82, 2.24) is 15.0 Å². The van der Waals surface area contributed by atoms with Gasteiger partial charge in [-0.15, -0.1) is 0 Å². The molecule has 0 aliphatic rings. The Morgan fingerprint density at radius 1 is 1.17 bits per heavy atom. The highest BCUT2D eigenvalue weighted by molar-refractivity contribution is 5.90. The van der Waals surface area contributed by atoms with Crippen molar-refractivity contribution in [3.8, 4) is 17.5 Å². The third-order valence-electron chi connectivity index (χ3n) is 3.63. The Hall–Kier alpha value is -3.00. The van der Waals surface area contributed by atoms with Gasteiger partial charge in [0, 0.05) is 36.9 Å². The first-order chi connectivity index (χ1) is 11.2. The number of anilines is 1. The fourth-order valence-electron chi connectivity index (χ4n) is 2.51. The Kier molecular flexibility index (Phi) is 4.15. The summed E-state index contributed by atoms with van der Waals surface area (Å²) in [5, 5.41) is 10.0. The van der Waals surface area contributed by atoms with Gasteiger partial charge in [-0.25, -0.2) is 9.97 Å². The molecule has 0 aliphatic heterocycles. The van der Waals surface area contributed by atoms with Crippen LogP contribution in [0.2, 0.25) is 0 Å². The molecule has 0 radical (unpaired) electrons. The van der Waals surface area contributed by atoms with E-state index >= 15 is 0 Å². The van der Waals surface area contributed by atoms with Crippen molar-refractivity contribution < 1.29 is 0 Å². The molecule has 114 valence electrons. The van der Waals surface area contributed by atoms with E-state index in [1.54, 1.807) is 12.4 Å². The van der Waals surface area contributed by atoms with Crippen molar-refractivity contribution >= 4 is 16.7 Å². The molecule has 5 heteroatoms. The van der Waals surface area contributed by atoms with E-state index in [-0.39, 0.29) is 5.92 Å². The fraction of sp³-hybridized carbons (Fsp3) is 0.222. The average molecular weight is 303 g/mol. The number of rotatable bonds is 4. The summed E-state index contributed by atoms with van der Waals surface area (Å²) in [7, 11) is 1.95. The highest BCUT2D eigenvalue weighted by Crippen LogP contribution is 2.26. The molecular formula is C18H17N5. The van der Waals surface area contributed by atoms with Gasteiger partial charge in [0.25, 0.3) is 0 Å². The minimum absolute atomic E-state index is 0.0735. The fourth-order valence-corrected chi connectivity index (χ4v) is 2.51. The molecule has 0 amide bonds. The number of hydrogen-bond donors (Lipinski definition) is 0. The maximum atomic E-state index is 9.06. The van der Waals surface area contributed by atoms with Crippen LogP contribution in [0.25, 0.3) is 22.3 Å². The van der Waals surface area contributed by atoms with Crippen LogP contribution in [0.4, 0.5) is 5.82 Å². The summed E-state index contributed by atoms with van der Waals surface area (Å²) < 4.78 is 0. The topological polar surface area (TPSA) is 65.7 Å². The summed E-state index contributed by atoms with van der Waals surface area (Å²) in [5.74, 6) is 1.40. The molecular weight excluding hydrogens is 286 g/mol. The second kappa shape index (κ2) is 6.41. The second-order valence-corrected chi connectivity index (χ2v) is 5.54. The van der Waals surface area contributed by atoms with Gasteiger partial charge in [-0.2, -0.15) is 5.26 Å². The third kappa shape index (κ3) is 3.11. The normalized spacial score (nSPS) is 11.9. The molecule has 2 aromatic heterocycles. The lowest BCUT2D eigenvalue weighted by Crippen LogP contribution is -2.24. The highest BCUT2D eigenvalue weighted by atomic mass is 15.2. The second-order valence-electron chi connectivity index (χ2n) is 5.54. The minimum atomic E-state index is -0.0735. The lowest BCUT2D eigenvalue weighted by atomic mass is 10.1. The van der Waals surface area contributed by atoms with Crippen LogP contribution in [0, 0.1) is 17.2 Å². The molecule has 5 nitrogen and oxygen atoms in total. The number of nitrogens with zero attached hydrogens (tertiary/aromatic N) is 5. The molecule has 1 atom stereocenters. The zero-order chi connectivity index (χ0) is 16.2. The van der Waals surface area contributed by atoms with E-state index in [4.69, 9.17) is 10.2 Å². The van der Waals surface area contributed by atoms with Crippen molar-refractivity contribution in [3.05, 3.63) is 48.8 Å². The van der Waals surface area contributed by atoms with Gasteiger partial charge in [0.05, 0.1) is 17.5 Å². The van der Waals surface area contributed by atoms with Crippen LogP contribution in [-0.4, -0.2) is 28.5 Å². The Labute approximate surface area is 135 Å². The molecule has 0 unspecified atom stereocenters. The smallest absolute Gasteiger partial charge is 0.163 e. The van der Waals surface area contributed by atoms with Crippen molar-refractivity contribution in [1.29, 1.82) is 5.26 Å². The molecule has 3 rings (SSSR count). The molecule has 0 fully saturated rings. The highest BCUT2D eigenvalue weighted by Gasteiger charge is 2.14. The lowest BCUT2D eigenvalue weighted by Gasteiger charge is -2.21. The maximum Gasteiger partial charge on any atom is 0.163 e. The summed E-state index contributed by atoms with van der Waals surface area (Å²) in [4.78, 5) is 15.5. The van der Waals surface area contributed by atoms with Crippen LogP contribution in [0.15, 0.2) is 48.8 Å². The first-order valence-electron chi connectivity index (χ1n) is 7.47. The molecule has 1 aromatic carbocycles. The summed E-state index contributed by atoms with van der Waals surface area (Å²) in [6.07, 6.45) is 3.48. The van der Waals surface area contributed by atoms with Gasteiger partial charge in [-0.1, -0.05) is 12.1 Å². The molecule has 0 bridgehead atoms. The van der Waals surface area contributed by atoms with Gasteiger partial charge in [-0.3, -0.25) is 4.98 Å². The van der Waals surface area contributed by atoms with E-state index in [0.717, 1.165) is 22.3 Å². The predicted molar refractivity (Wildman–Crippen MR) is 90.8 cm³/mol. The largest absolute Gasteiger partial charge is 0.358 e. The van der Waals surface area contributed by atoms with Gasteiger partial charge >= 0.3 is 0 Å². The zero-order valence-electron chi connectivity index (χ0n) is 13.1. The average Bonchev–Trinajstić information content (AvgIpc) is 2.61. The van der Waals surface area contributed by atoms with Crippen molar-refractivity contribution in [2.24, 2.45) is 5.92 Å². The quantitative estimate of drug-likeness (QED) is 0.740. The lowest BCUT2D eigenvalue weighted by molar-refractivity contribution is 0.712. The maximum absolute atomic E-state index is 9.06. The standard InChI is InChI=1S/C18H17N5/c1-13(10-19)12-23(2)18-15-7-3-4-8-16(15)21-17(22-18)14-6-5-9-20-11-14/h3-9,11,13H,12H2,1-2H3/t13-/m0/s1. The molecule has 0 saturated heterocycles. The zero-order valence-corrected chi connectivity index (χ0v) is 13.1. The summed E-state index contributed by atoms with van der Waals surface area (Å²) in [5.41, 5.74) is 1.76. The number of aromatic nitrogens is 3. The third-order valence-corrected chi connectivity index (χ3v) is 3.63. The van der Waals surface area contributed by atoms with Crippen molar-refractivity contribution in [3.63, 3.8) is 0 Å². The van der Waals surface area contributed by atoms with Crippen LogP contribution in [0.1, 0.15) is 6.92 Å². The molecule has 3 aromatic rings. The van der Waals surface area contributed by atoms with Crippen molar-refractivity contribution in [2.45, 2.75) is 6.92 Å². The van der Waals surface area contributed by atoms with E-state index in [1.165, 1.54) is 0 Å². The van der Waals surface area contributed by atoms with E-state index in [2.05, 4.69) is 16.0 Å². The number of benzene rings is 1. The summed E-state index contributed by atoms with van der Waals surface area (Å²) in [6, 6.07) is 14.0. The Balaban J connectivity index is 2.13. The molecule has 2 heterocycles. The minimum Gasteiger partial charge on any atom is -0.358 e. The number of hydrogen-bond acceptors (Lipinski definition) is 5. The van der Waals surface area contributed by atoms with Crippen LogP contribution in [0.3, 0.4) is 0 Å². The van der Waals surface area contributed by atoms with Crippen LogP contribution < -0.4 is 4.90 Å². The monoisotopic (exact) mass is 303 g/mol. The SMILES string of the molecule is C[C@@H](C#N)CN(C)c1nc(-c2cccnc2)nc2ccccc12. The predicted octanol–water partition coefficient (Wildman–Crippen LogP) is 3.29. The summed E-state index contributed by atoms with van der Waals surface area (Å²) >= 11 is 0. The van der Waals surface area contributed by atoms with Gasteiger partial charge in [0.1, 0.15) is 5.82 Å². The van der Waals surface area contributed by atoms with E-state index in [9.17, 15) is 0 Å². The molecule has 0 N–H and O–H groups in total. The van der Waals surface area contributed by atoms with Crippen LogP contribution in [0.5, 0.6) is 0 Å². The first-order valence-corrected chi connectivity index (χ1v) is 7.47. The molecule has 0 spiro atoms. The van der Waals surface area contributed by atoms with E-state index in [0.29, 0.717) is 12.4 Å². The van der Waals surface area contributed by atoms with Crippen LogP contribution >= 0.6 is 0 Å². The van der Waals surface area contributed by atoms with Crippen LogP contribution in [-0.2, 0) is 0 Å². The summed E-state index contributed by atoms with van der Waals surface area (Å²) in [6.45, 7) is 2.52. The Morgan fingerprint density at radius 3 is 2.74 bits per heavy atom. The van der Waals surface area contributed by atoms with E-state index < -0.39 is 0 Å². The number of pyridine rings is 1. The first kappa shape index (κ1) is 14.9.